The zero-order chi connectivity index (χ0) is 14.7. The van der Waals surface area contributed by atoms with E-state index in [9.17, 15) is 10.1 Å². The number of hydrogen-bond acceptors (Lipinski definition) is 2. The number of nitro groups is 1. The Labute approximate surface area is 122 Å². The van der Waals surface area contributed by atoms with Gasteiger partial charge in [-0.05, 0) is 27.5 Å². The molecular formula is C18H13NO2. The van der Waals surface area contributed by atoms with Crippen LogP contribution in [0.25, 0.3) is 28.0 Å². The van der Waals surface area contributed by atoms with E-state index >= 15 is 0 Å². The van der Waals surface area contributed by atoms with E-state index in [0.29, 0.717) is 0 Å². The molecule has 3 aromatic rings. The Bertz CT molecular complexity index is 832. The van der Waals surface area contributed by atoms with Crippen LogP contribution in [0.5, 0.6) is 0 Å². The maximum absolute atomic E-state index is 10.6. The summed E-state index contributed by atoms with van der Waals surface area (Å²) in [7, 11) is 0. The van der Waals surface area contributed by atoms with Crippen molar-refractivity contribution in [2.45, 2.75) is 0 Å². The lowest BCUT2D eigenvalue weighted by Gasteiger charge is -2.09. The molecule has 0 amide bonds. The molecule has 0 unspecified atom stereocenters. The minimum atomic E-state index is -0.445. The standard InChI is InChI=1S/C18H13NO2/c20-19(21)13-12-15-7-2-4-10-17(15)18-11-5-8-14-6-1-3-9-16(14)18/h1-13H. The van der Waals surface area contributed by atoms with Crippen LogP contribution in [0.2, 0.25) is 0 Å². The van der Waals surface area contributed by atoms with E-state index in [-0.39, 0.29) is 0 Å². The van der Waals surface area contributed by atoms with Gasteiger partial charge >= 0.3 is 0 Å². The average Bonchev–Trinajstić information content (AvgIpc) is 2.53. The van der Waals surface area contributed by atoms with Crippen LogP contribution in [-0.2, 0) is 0 Å². The fraction of sp³-hybridized carbons (Fsp3) is 0. The quantitative estimate of drug-likeness (QED) is 0.511. The first-order valence-electron chi connectivity index (χ1n) is 6.64. The number of benzene rings is 3. The maximum atomic E-state index is 10.6. The Kier molecular flexibility index (Phi) is 3.48. The van der Waals surface area contributed by atoms with Crippen LogP contribution in [0.3, 0.4) is 0 Å². The topological polar surface area (TPSA) is 43.1 Å². The fourth-order valence-corrected chi connectivity index (χ4v) is 2.49. The fourth-order valence-electron chi connectivity index (χ4n) is 2.49. The Morgan fingerprint density at radius 1 is 0.810 bits per heavy atom. The third-order valence-corrected chi connectivity index (χ3v) is 3.42. The summed E-state index contributed by atoms with van der Waals surface area (Å²) in [4.78, 5) is 10.1. The van der Waals surface area contributed by atoms with Gasteiger partial charge in [0.25, 0.3) is 0 Å². The van der Waals surface area contributed by atoms with Crippen LogP contribution in [0.15, 0.2) is 72.9 Å². The van der Waals surface area contributed by atoms with Crippen molar-refractivity contribution >= 4 is 16.8 Å². The summed E-state index contributed by atoms with van der Waals surface area (Å²) >= 11 is 0. The van der Waals surface area contributed by atoms with Gasteiger partial charge in [-0.15, -0.1) is 0 Å². The van der Waals surface area contributed by atoms with E-state index in [4.69, 9.17) is 0 Å². The molecule has 3 nitrogen and oxygen atoms in total. The van der Waals surface area contributed by atoms with Crippen LogP contribution >= 0.6 is 0 Å². The largest absolute Gasteiger partial charge is 0.259 e. The number of nitrogens with zero attached hydrogens (tertiary/aromatic N) is 1. The molecule has 3 rings (SSSR count). The smallest absolute Gasteiger partial charge is 0.235 e. The third-order valence-electron chi connectivity index (χ3n) is 3.42. The van der Waals surface area contributed by atoms with Crippen LogP contribution in [-0.4, -0.2) is 4.92 Å². The van der Waals surface area contributed by atoms with E-state index in [2.05, 4.69) is 18.2 Å². The molecule has 0 saturated carbocycles. The Hall–Kier alpha value is -2.94. The second kappa shape index (κ2) is 5.59. The summed E-state index contributed by atoms with van der Waals surface area (Å²) in [6, 6.07) is 22.0. The molecule has 0 aliphatic rings. The molecule has 0 N–H and O–H groups in total. The summed E-state index contributed by atoms with van der Waals surface area (Å²) in [5.74, 6) is 0. The SMILES string of the molecule is O=[N+]([O-])C=Cc1ccccc1-c1cccc2ccccc12. The van der Waals surface area contributed by atoms with Gasteiger partial charge in [0.05, 0.1) is 4.92 Å². The lowest BCUT2D eigenvalue weighted by atomic mass is 9.94. The average molecular weight is 275 g/mol. The molecule has 0 aliphatic carbocycles. The van der Waals surface area contributed by atoms with E-state index in [0.717, 1.165) is 33.7 Å². The van der Waals surface area contributed by atoms with Crippen molar-refractivity contribution in [1.29, 1.82) is 0 Å². The normalized spacial score (nSPS) is 11.0. The van der Waals surface area contributed by atoms with Crippen LogP contribution in [0.4, 0.5) is 0 Å². The molecule has 0 aromatic heterocycles. The van der Waals surface area contributed by atoms with Crippen molar-refractivity contribution in [2.75, 3.05) is 0 Å². The van der Waals surface area contributed by atoms with Crippen LogP contribution in [0, 0.1) is 10.1 Å². The summed E-state index contributed by atoms with van der Waals surface area (Å²) in [5, 5.41) is 12.8. The van der Waals surface area contributed by atoms with Crippen molar-refractivity contribution in [3.63, 3.8) is 0 Å². The number of fused-ring (bicyclic) bond motifs is 1. The monoisotopic (exact) mass is 275 g/mol. The highest BCUT2D eigenvalue weighted by molar-refractivity contribution is 5.98. The van der Waals surface area contributed by atoms with Crippen molar-refractivity contribution < 1.29 is 4.92 Å². The van der Waals surface area contributed by atoms with Gasteiger partial charge in [0.2, 0.25) is 6.20 Å². The molecular weight excluding hydrogens is 262 g/mol. The molecule has 102 valence electrons. The summed E-state index contributed by atoms with van der Waals surface area (Å²) in [6.07, 6.45) is 2.51. The highest BCUT2D eigenvalue weighted by Gasteiger charge is 2.06. The Balaban J connectivity index is 2.22. The zero-order valence-electron chi connectivity index (χ0n) is 11.3. The Morgan fingerprint density at radius 3 is 2.33 bits per heavy atom. The molecule has 3 aromatic carbocycles. The van der Waals surface area contributed by atoms with Gasteiger partial charge in [0, 0.05) is 6.08 Å². The highest BCUT2D eigenvalue weighted by atomic mass is 16.6. The molecule has 0 radical (unpaired) electrons. The van der Waals surface area contributed by atoms with Gasteiger partial charge in [-0.25, -0.2) is 0 Å². The second-order valence-corrected chi connectivity index (χ2v) is 4.72. The highest BCUT2D eigenvalue weighted by Crippen LogP contribution is 2.31. The van der Waals surface area contributed by atoms with Gasteiger partial charge in [-0.2, -0.15) is 0 Å². The first-order chi connectivity index (χ1) is 10.3. The maximum Gasteiger partial charge on any atom is 0.235 e. The number of hydrogen-bond donors (Lipinski definition) is 0. The minimum Gasteiger partial charge on any atom is -0.259 e. The molecule has 0 aliphatic heterocycles. The second-order valence-electron chi connectivity index (χ2n) is 4.72. The van der Waals surface area contributed by atoms with Crippen molar-refractivity contribution in [3.8, 4) is 11.1 Å². The van der Waals surface area contributed by atoms with Gasteiger partial charge < -0.3 is 0 Å². The van der Waals surface area contributed by atoms with Crippen molar-refractivity contribution in [3.05, 3.63) is 88.6 Å². The summed E-state index contributed by atoms with van der Waals surface area (Å²) in [6.45, 7) is 0. The van der Waals surface area contributed by atoms with E-state index in [1.54, 1.807) is 0 Å². The van der Waals surface area contributed by atoms with E-state index in [1.807, 2.05) is 48.5 Å². The Morgan fingerprint density at radius 2 is 1.48 bits per heavy atom. The molecule has 0 bridgehead atoms. The number of rotatable bonds is 3. The molecule has 0 spiro atoms. The van der Waals surface area contributed by atoms with E-state index in [1.165, 1.54) is 6.08 Å². The molecule has 3 heteroatoms. The van der Waals surface area contributed by atoms with Gasteiger partial charge in [-0.3, -0.25) is 10.1 Å². The summed E-state index contributed by atoms with van der Waals surface area (Å²) in [5.41, 5.74) is 2.91. The van der Waals surface area contributed by atoms with Crippen LogP contribution in [0.1, 0.15) is 5.56 Å². The van der Waals surface area contributed by atoms with Gasteiger partial charge in [0.1, 0.15) is 0 Å². The van der Waals surface area contributed by atoms with Crippen molar-refractivity contribution in [1.82, 2.24) is 0 Å². The van der Waals surface area contributed by atoms with E-state index < -0.39 is 4.92 Å². The zero-order valence-corrected chi connectivity index (χ0v) is 11.3. The predicted octanol–water partition coefficient (Wildman–Crippen LogP) is 4.75. The molecule has 0 atom stereocenters. The first kappa shape index (κ1) is 13.1. The van der Waals surface area contributed by atoms with Crippen molar-refractivity contribution in [2.24, 2.45) is 0 Å². The lowest BCUT2D eigenvalue weighted by molar-refractivity contribution is -0.400. The lowest BCUT2D eigenvalue weighted by Crippen LogP contribution is -1.87. The minimum absolute atomic E-state index is 0.445. The first-order valence-corrected chi connectivity index (χ1v) is 6.64. The van der Waals surface area contributed by atoms with Gasteiger partial charge in [-0.1, -0.05) is 66.7 Å². The molecule has 0 saturated heterocycles. The molecule has 0 heterocycles. The van der Waals surface area contributed by atoms with Gasteiger partial charge in [0.15, 0.2) is 0 Å². The molecule has 0 fully saturated rings. The predicted molar refractivity (Wildman–Crippen MR) is 85.4 cm³/mol. The third kappa shape index (κ3) is 2.67. The van der Waals surface area contributed by atoms with Crippen LogP contribution < -0.4 is 0 Å². The molecule has 21 heavy (non-hydrogen) atoms. The summed E-state index contributed by atoms with van der Waals surface area (Å²) < 4.78 is 0.